The van der Waals surface area contributed by atoms with Crippen molar-refractivity contribution in [2.45, 2.75) is 63.8 Å². The molecule has 3 nitrogen and oxygen atoms in total. The van der Waals surface area contributed by atoms with Crippen molar-refractivity contribution in [3.8, 4) is 0 Å². The second-order valence-electron chi connectivity index (χ2n) is 7.16. The molecule has 0 unspecified atom stereocenters. The van der Waals surface area contributed by atoms with Crippen molar-refractivity contribution < 1.29 is 26.4 Å². The number of benzene rings is 1. The van der Waals surface area contributed by atoms with Gasteiger partial charge in [-0.3, -0.25) is 4.79 Å². The number of carbonyl (C=O) groups excluding carboxylic acids is 1. The molecule has 0 aromatic heterocycles. The van der Waals surface area contributed by atoms with Crippen LogP contribution in [0.5, 0.6) is 0 Å². The minimum Gasteiger partial charge on any atom is -0.299 e. The lowest BCUT2D eigenvalue weighted by Crippen LogP contribution is -2.30. The fourth-order valence-electron chi connectivity index (χ4n) is 2.27. The van der Waals surface area contributed by atoms with Gasteiger partial charge < -0.3 is 0 Å². The van der Waals surface area contributed by atoms with Gasteiger partial charge in [0.15, 0.2) is 9.84 Å². The minimum atomic E-state index is -4.42. The van der Waals surface area contributed by atoms with Crippen LogP contribution in [0.2, 0.25) is 0 Å². The number of carbonyl (C=O) groups is 1. The van der Waals surface area contributed by atoms with E-state index in [4.69, 9.17) is 0 Å². The van der Waals surface area contributed by atoms with E-state index in [0.29, 0.717) is 24.8 Å². The second-order valence-corrected chi connectivity index (χ2v) is 10.0. The highest BCUT2D eigenvalue weighted by Gasteiger charge is 2.30. The standard InChI is InChI=1S/C18H25F3O3S/c1-17(2,3)25(23,24)11-6-4-5-10-16(22)13-14-8-7-9-15(12-14)18(19,20)21/h7-9,12H,4-6,10-11,13H2,1-3H3. The Balaban J connectivity index is 2.40. The van der Waals surface area contributed by atoms with Crippen LogP contribution < -0.4 is 0 Å². The minimum absolute atomic E-state index is 0.0375. The lowest BCUT2D eigenvalue weighted by molar-refractivity contribution is -0.137. The number of alkyl halides is 3. The van der Waals surface area contributed by atoms with Crippen molar-refractivity contribution in [3.05, 3.63) is 35.4 Å². The topological polar surface area (TPSA) is 51.2 Å². The molecule has 0 heterocycles. The van der Waals surface area contributed by atoms with E-state index >= 15 is 0 Å². The lowest BCUT2D eigenvalue weighted by Gasteiger charge is -2.18. The summed E-state index contributed by atoms with van der Waals surface area (Å²) >= 11 is 0. The maximum Gasteiger partial charge on any atom is 0.416 e. The van der Waals surface area contributed by atoms with Gasteiger partial charge in [-0.2, -0.15) is 13.2 Å². The van der Waals surface area contributed by atoms with Crippen molar-refractivity contribution in [1.29, 1.82) is 0 Å². The number of Topliss-reactive ketones (excluding diaryl/α,β-unsaturated/α-hetero) is 1. The molecule has 142 valence electrons. The number of ketones is 1. The average Bonchev–Trinajstić information content (AvgIpc) is 2.45. The van der Waals surface area contributed by atoms with Gasteiger partial charge in [0.25, 0.3) is 0 Å². The average molecular weight is 378 g/mol. The van der Waals surface area contributed by atoms with E-state index in [0.717, 1.165) is 12.1 Å². The Labute approximate surface area is 147 Å². The molecule has 0 aliphatic carbocycles. The molecule has 1 rings (SSSR count). The van der Waals surface area contributed by atoms with Crippen LogP contribution in [-0.4, -0.2) is 24.7 Å². The van der Waals surface area contributed by atoms with E-state index in [1.165, 1.54) is 12.1 Å². The number of sulfone groups is 1. The van der Waals surface area contributed by atoms with Gasteiger partial charge in [-0.25, -0.2) is 8.42 Å². The second kappa shape index (κ2) is 8.34. The van der Waals surface area contributed by atoms with Crippen molar-refractivity contribution in [2.24, 2.45) is 0 Å². The zero-order valence-electron chi connectivity index (χ0n) is 14.8. The quantitative estimate of drug-likeness (QED) is 0.622. The molecule has 0 atom stereocenters. The summed E-state index contributed by atoms with van der Waals surface area (Å²) in [5, 5.41) is 0. The van der Waals surface area contributed by atoms with Crippen LogP contribution in [0.4, 0.5) is 13.2 Å². The molecule has 0 fully saturated rings. The molecule has 0 bridgehead atoms. The van der Waals surface area contributed by atoms with Crippen LogP contribution in [0.1, 0.15) is 57.6 Å². The van der Waals surface area contributed by atoms with Gasteiger partial charge in [-0.15, -0.1) is 0 Å². The van der Waals surface area contributed by atoms with E-state index < -0.39 is 26.3 Å². The molecule has 0 saturated heterocycles. The van der Waals surface area contributed by atoms with E-state index in [1.807, 2.05) is 0 Å². The maximum atomic E-state index is 12.6. The molecule has 1 aromatic rings. The Morgan fingerprint density at radius 3 is 2.24 bits per heavy atom. The number of rotatable bonds is 8. The maximum absolute atomic E-state index is 12.6. The summed E-state index contributed by atoms with van der Waals surface area (Å²) in [5.74, 6) is -0.0591. The summed E-state index contributed by atoms with van der Waals surface area (Å²) < 4.78 is 61.0. The highest BCUT2D eigenvalue weighted by atomic mass is 32.2. The van der Waals surface area contributed by atoms with E-state index in [-0.39, 0.29) is 24.4 Å². The lowest BCUT2D eigenvalue weighted by atomic mass is 10.0. The Morgan fingerprint density at radius 1 is 1.04 bits per heavy atom. The number of hydrogen-bond acceptors (Lipinski definition) is 3. The molecule has 0 radical (unpaired) electrons. The Hall–Kier alpha value is -1.37. The third-order valence-electron chi connectivity index (χ3n) is 3.96. The Bertz CT molecular complexity index is 686. The Morgan fingerprint density at radius 2 is 1.68 bits per heavy atom. The fraction of sp³-hybridized carbons (Fsp3) is 0.611. The van der Waals surface area contributed by atoms with Gasteiger partial charge in [-0.05, 0) is 45.2 Å². The monoisotopic (exact) mass is 378 g/mol. The molecular formula is C18H25F3O3S. The van der Waals surface area contributed by atoms with Crippen molar-refractivity contribution in [2.75, 3.05) is 5.75 Å². The number of hydrogen-bond donors (Lipinski definition) is 0. The van der Waals surface area contributed by atoms with Gasteiger partial charge >= 0.3 is 6.18 Å². The van der Waals surface area contributed by atoms with E-state index in [9.17, 15) is 26.4 Å². The highest BCUT2D eigenvalue weighted by molar-refractivity contribution is 7.92. The first-order valence-electron chi connectivity index (χ1n) is 8.23. The molecule has 0 aliphatic heterocycles. The van der Waals surface area contributed by atoms with Crippen LogP contribution in [0.15, 0.2) is 24.3 Å². The normalized spacial score (nSPS) is 13.0. The van der Waals surface area contributed by atoms with Crippen LogP contribution >= 0.6 is 0 Å². The predicted molar refractivity (Wildman–Crippen MR) is 92.2 cm³/mol. The van der Waals surface area contributed by atoms with Crippen molar-refractivity contribution in [3.63, 3.8) is 0 Å². The van der Waals surface area contributed by atoms with Crippen LogP contribution in [-0.2, 0) is 27.2 Å². The van der Waals surface area contributed by atoms with Gasteiger partial charge in [0, 0.05) is 12.8 Å². The van der Waals surface area contributed by atoms with Gasteiger partial charge in [0.2, 0.25) is 0 Å². The van der Waals surface area contributed by atoms with Crippen molar-refractivity contribution >= 4 is 15.6 Å². The predicted octanol–water partition coefficient (Wildman–Crippen LogP) is 4.59. The third-order valence-corrected chi connectivity index (χ3v) is 6.65. The molecular weight excluding hydrogens is 353 g/mol. The van der Waals surface area contributed by atoms with E-state index in [2.05, 4.69) is 0 Å². The fourth-order valence-corrected chi connectivity index (χ4v) is 3.47. The first-order chi connectivity index (χ1) is 11.3. The third kappa shape index (κ3) is 7.18. The Kier molecular flexibility index (Phi) is 7.23. The molecule has 0 amide bonds. The summed E-state index contributed by atoms with van der Waals surface area (Å²) in [7, 11) is -3.16. The van der Waals surface area contributed by atoms with Gasteiger partial charge in [0.05, 0.1) is 16.1 Å². The van der Waals surface area contributed by atoms with Gasteiger partial charge in [0.1, 0.15) is 5.78 Å². The SMILES string of the molecule is CC(C)(C)S(=O)(=O)CCCCCC(=O)Cc1cccc(C(F)(F)F)c1. The van der Waals surface area contributed by atoms with Crippen LogP contribution in [0, 0.1) is 0 Å². The summed E-state index contributed by atoms with van der Waals surface area (Å²) in [6.07, 6.45) is -2.59. The largest absolute Gasteiger partial charge is 0.416 e. The summed E-state index contributed by atoms with van der Waals surface area (Å²) in [4.78, 5) is 11.9. The van der Waals surface area contributed by atoms with E-state index in [1.54, 1.807) is 20.8 Å². The van der Waals surface area contributed by atoms with Crippen LogP contribution in [0.25, 0.3) is 0 Å². The first-order valence-corrected chi connectivity index (χ1v) is 9.88. The van der Waals surface area contributed by atoms with Gasteiger partial charge in [-0.1, -0.05) is 24.6 Å². The zero-order chi connectivity index (χ0) is 19.3. The highest BCUT2D eigenvalue weighted by Crippen LogP contribution is 2.29. The summed E-state index contributed by atoms with van der Waals surface area (Å²) in [6, 6.07) is 4.77. The molecule has 1 aromatic carbocycles. The molecule has 0 saturated carbocycles. The van der Waals surface area contributed by atoms with Crippen molar-refractivity contribution in [1.82, 2.24) is 0 Å². The zero-order valence-corrected chi connectivity index (χ0v) is 15.6. The molecule has 0 spiro atoms. The summed E-state index contributed by atoms with van der Waals surface area (Å²) in [5.41, 5.74) is -0.416. The first kappa shape index (κ1) is 21.7. The molecule has 0 N–H and O–H groups in total. The number of halogens is 3. The van der Waals surface area contributed by atoms with Crippen LogP contribution in [0.3, 0.4) is 0 Å². The molecule has 7 heteroatoms. The molecule has 25 heavy (non-hydrogen) atoms. The smallest absolute Gasteiger partial charge is 0.299 e. The number of unbranched alkanes of at least 4 members (excludes halogenated alkanes) is 2. The summed E-state index contributed by atoms with van der Waals surface area (Å²) in [6.45, 7) is 4.96. The molecule has 0 aliphatic rings.